The molecule has 0 aliphatic heterocycles. The van der Waals surface area contributed by atoms with Gasteiger partial charge in [-0.1, -0.05) is 54.6 Å². The Hall–Kier alpha value is -4.44. The van der Waals surface area contributed by atoms with Crippen molar-refractivity contribution in [1.29, 1.82) is 0 Å². The van der Waals surface area contributed by atoms with Gasteiger partial charge in [-0.05, 0) is 68.9 Å². The van der Waals surface area contributed by atoms with Crippen LogP contribution in [0.15, 0.2) is 78.9 Å². The van der Waals surface area contributed by atoms with Crippen molar-refractivity contribution in [3.05, 3.63) is 106 Å². The largest absolute Gasteiger partial charge is 0.489 e. The van der Waals surface area contributed by atoms with Crippen molar-refractivity contribution < 1.29 is 28.7 Å². The first kappa shape index (κ1) is 33.1. The van der Waals surface area contributed by atoms with E-state index in [4.69, 9.17) is 14.2 Å². The molecule has 1 amide bonds. The molecule has 0 radical (unpaired) electrons. The number of carbonyl (C=O) groups is 2. The van der Waals surface area contributed by atoms with E-state index < -0.39 is 28.6 Å². The Bertz CT molecular complexity index is 1320. The number of rotatable bonds is 15. The number of methoxy groups -OCH3 is 1. The van der Waals surface area contributed by atoms with Gasteiger partial charge < -0.3 is 19.5 Å². The van der Waals surface area contributed by atoms with Crippen molar-refractivity contribution >= 4 is 17.7 Å². The van der Waals surface area contributed by atoms with Crippen LogP contribution in [0.3, 0.4) is 0 Å². The Morgan fingerprint density at radius 3 is 2.23 bits per heavy atom. The summed E-state index contributed by atoms with van der Waals surface area (Å²) in [5.74, 6) is 0.327. The summed E-state index contributed by atoms with van der Waals surface area (Å²) in [6, 6.07) is 23.4. The summed E-state index contributed by atoms with van der Waals surface area (Å²) < 4.78 is 16.4. The highest BCUT2D eigenvalue weighted by Crippen LogP contribution is 2.22. The molecule has 1 atom stereocenters. The highest BCUT2D eigenvalue weighted by molar-refractivity contribution is 5.75. The highest BCUT2D eigenvalue weighted by atomic mass is 16.6. The second-order valence-corrected chi connectivity index (χ2v) is 11.2. The summed E-state index contributed by atoms with van der Waals surface area (Å²) in [5, 5.41) is 14.1. The average Bonchev–Trinajstić information content (AvgIpc) is 2.97. The Morgan fingerprint density at radius 1 is 0.907 bits per heavy atom. The average molecular weight is 592 g/mol. The number of carbonyl (C=O) groups excluding carboxylic acids is 2. The van der Waals surface area contributed by atoms with Gasteiger partial charge in [0.15, 0.2) is 0 Å². The van der Waals surface area contributed by atoms with Gasteiger partial charge in [-0.3, -0.25) is 19.8 Å². The van der Waals surface area contributed by atoms with E-state index in [0.717, 1.165) is 16.9 Å². The van der Waals surface area contributed by atoms with Crippen LogP contribution in [0.1, 0.15) is 56.7 Å². The van der Waals surface area contributed by atoms with E-state index in [1.165, 1.54) is 19.2 Å². The lowest BCUT2D eigenvalue weighted by molar-refractivity contribution is -0.384. The first-order valence-electron chi connectivity index (χ1n) is 14.3. The fourth-order valence-corrected chi connectivity index (χ4v) is 4.50. The molecule has 0 saturated carbocycles. The van der Waals surface area contributed by atoms with Crippen molar-refractivity contribution in [3.63, 3.8) is 0 Å². The number of benzene rings is 3. The molecule has 10 nitrogen and oxygen atoms in total. The minimum Gasteiger partial charge on any atom is -0.489 e. The predicted molar refractivity (Wildman–Crippen MR) is 163 cm³/mol. The Morgan fingerprint density at radius 2 is 1.58 bits per heavy atom. The summed E-state index contributed by atoms with van der Waals surface area (Å²) in [7, 11) is 1.35. The Kier molecular flexibility index (Phi) is 12.5. The SMILES string of the molecule is COC(=O)[C@H](CCCCNC(=O)OC(C)(C)C)N(Cc1ccc(OCc2ccccc2)cc1)Cc1cccc([N+](=O)[O-])c1. The van der Waals surface area contributed by atoms with Crippen molar-refractivity contribution in [2.24, 2.45) is 0 Å². The topological polar surface area (TPSA) is 120 Å². The molecule has 0 aromatic heterocycles. The molecule has 43 heavy (non-hydrogen) atoms. The van der Waals surface area contributed by atoms with Crippen LogP contribution >= 0.6 is 0 Å². The number of hydrogen-bond donors (Lipinski definition) is 1. The van der Waals surface area contributed by atoms with E-state index in [2.05, 4.69) is 5.32 Å². The summed E-state index contributed by atoms with van der Waals surface area (Å²) in [4.78, 5) is 37.9. The van der Waals surface area contributed by atoms with Gasteiger partial charge in [0.25, 0.3) is 5.69 Å². The molecule has 0 spiro atoms. The number of nitrogens with one attached hydrogen (secondary N) is 1. The third kappa shape index (κ3) is 11.8. The second kappa shape index (κ2) is 16.3. The van der Waals surface area contributed by atoms with Crippen LogP contribution in [-0.4, -0.2) is 47.2 Å². The third-order valence-corrected chi connectivity index (χ3v) is 6.55. The maximum Gasteiger partial charge on any atom is 0.407 e. The molecule has 0 aliphatic carbocycles. The lowest BCUT2D eigenvalue weighted by Gasteiger charge is -2.30. The van der Waals surface area contributed by atoms with Gasteiger partial charge in [-0.15, -0.1) is 0 Å². The summed E-state index contributed by atoms with van der Waals surface area (Å²) in [5.41, 5.74) is 2.12. The number of nitro groups is 1. The fraction of sp³-hybridized carbons (Fsp3) is 0.394. The molecule has 0 fully saturated rings. The van der Waals surface area contributed by atoms with Crippen LogP contribution in [0.25, 0.3) is 0 Å². The highest BCUT2D eigenvalue weighted by Gasteiger charge is 2.27. The lowest BCUT2D eigenvalue weighted by atomic mass is 10.0. The molecule has 0 unspecified atom stereocenters. The maximum absolute atomic E-state index is 13.0. The van der Waals surface area contributed by atoms with E-state index in [0.29, 0.717) is 51.1 Å². The molecule has 1 N–H and O–H groups in total. The molecular formula is C33H41N3O7. The molecule has 0 aliphatic rings. The van der Waals surface area contributed by atoms with E-state index in [9.17, 15) is 19.7 Å². The standard InChI is InChI=1S/C33H41N3O7/c1-33(2,3)43-32(38)34-20-9-8-15-30(31(37)41-4)35(23-27-13-10-14-28(21-27)36(39)40)22-25-16-18-29(19-17-25)42-24-26-11-6-5-7-12-26/h5-7,10-14,16-19,21,30H,8-9,15,20,22-24H2,1-4H3,(H,34,38)/t30-/m0/s1. The minimum atomic E-state index is -0.611. The number of non-ortho nitro benzene ring substituents is 1. The van der Waals surface area contributed by atoms with Gasteiger partial charge in [0.1, 0.15) is 24.0 Å². The quantitative estimate of drug-likeness (QED) is 0.0931. The normalized spacial score (nSPS) is 11.9. The smallest absolute Gasteiger partial charge is 0.407 e. The summed E-state index contributed by atoms with van der Waals surface area (Å²) >= 11 is 0. The van der Waals surface area contributed by atoms with Crippen LogP contribution in [0, 0.1) is 10.1 Å². The molecular weight excluding hydrogens is 550 g/mol. The number of alkyl carbamates (subject to hydrolysis) is 1. The first-order valence-corrected chi connectivity index (χ1v) is 14.3. The van der Waals surface area contributed by atoms with E-state index in [1.807, 2.05) is 59.5 Å². The molecule has 0 heterocycles. The molecule has 3 rings (SSSR count). The van der Waals surface area contributed by atoms with Gasteiger partial charge in [0.05, 0.1) is 12.0 Å². The molecule has 10 heteroatoms. The van der Waals surface area contributed by atoms with Crippen LogP contribution < -0.4 is 10.1 Å². The third-order valence-electron chi connectivity index (χ3n) is 6.55. The number of ether oxygens (including phenoxy) is 3. The van der Waals surface area contributed by atoms with Crippen molar-refractivity contribution in [3.8, 4) is 5.75 Å². The van der Waals surface area contributed by atoms with Gasteiger partial charge in [-0.25, -0.2) is 4.79 Å². The van der Waals surface area contributed by atoms with Gasteiger partial charge in [0.2, 0.25) is 0 Å². The van der Waals surface area contributed by atoms with Gasteiger partial charge in [-0.2, -0.15) is 0 Å². The number of nitro benzene ring substituents is 1. The number of esters is 1. The maximum atomic E-state index is 13.0. The molecule has 0 bridgehead atoms. The van der Waals surface area contributed by atoms with E-state index in [1.54, 1.807) is 32.9 Å². The van der Waals surface area contributed by atoms with Crippen LogP contribution in [-0.2, 0) is 34.0 Å². The number of unbranched alkanes of at least 4 members (excludes halogenated alkanes) is 1. The number of hydrogen-bond acceptors (Lipinski definition) is 8. The lowest BCUT2D eigenvalue weighted by Crippen LogP contribution is -2.41. The van der Waals surface area contributed by atoms with E-state index in [-0.39, 0.29) is 5.69 Å². The summed E-state index contributed by atoms with van der Waals surface area (Å²) in [6.45, 7) is 6.95. The first-order chi connectivity index (χ1) is 20.5. The zero-order valence-electron chi connectivity index (χ0n) is 25.3. The Labute approximate surface area is 253 Å². The van der Waals surface area contributed by atoms with Gasteiger partial charge in [0, 0.05) is 31.8 Å². The van der Waals surface area contributed by atoms with Crippen molar-refractivity contribution in [1.82, 2.24) is 10.2 Å². The van der Waals surface area contributed by atoms with Crippen LogP contribution in [0.5, 0.6) is 5.75 Å². The van der Waals surface area contributed by atoms with E-state index >= 15 is 0 Å². The molecule has 3 aromatic rings. The van der Waals surface area contributed by atoms with Crippen molar-refractivity contribution in [2.45, 2.75) is 71.4 Å². The summed E-state index contributed by atoms with van der Waals surface area (Å²) in [6.07, 6.45) is 1.24. The molecule has 230 valence electrons. The molecule has 0 saturated heterocycles. The zero-order valence-corrected chi connectivity index (χ0v) is 25.3. The molecule has 3 aromatic carbocycles. The second-order valence-electron chi connectivity index (χ2n) is 11.2. The van der Waals surface area contributed by atoms with Crippen LogP contribution in [0.2, 0.25) is 0 Å². The minimum absolute atomic E-state index is 0.0137. The number of amides is 1. The Balaban J connectivity index is 1.71. The zero-order chi connectivity index (χ0) is 31.2. The number of nitrogens with zero attached hydrogens (tertiary/aromatic N) is 2. The fourth-order valence-electron chi connectivity index (χ4n) is 4.50. The van der Waals surface area contributed by atoms with Crippen LogP contribution in [0.4, 0.5) is 10.5 Å². The van der Waals surface area contributed by atoms with Gasteiger partial charge >= 0.3 is 12.1 Å². The predicted octanol–water partition coefficient (Wildman–Crippen LogP) is 6.41. The monoisotopic (exact) mass is 591 g/mol. The van der Waals surface area contributed by atoms with Crippen molar-refractivity contribution in [2.75, 3.05) is 13.7 Å².